The lowest BCUT2D eigenvalue weighted by Crippen LogP contribution is -2.04. The third-order valence-electron chi connectivity index (χ3n) is 2.08. The zero-order chi connectivity index (χ0) is 13.1. The first-order valence-electron chi connectivity index (χ1n) is 5.75. The number of aliphatic hydroxyl groups excluding tert-OH is 1. The summed E-state index contributed by atoms with van der Waals surface area (Å²) in [5.41, 5.74) is 0.219. The summed E-state index contributed by atoms with van der Waals surface area (Å²) in [6.45, 7) is 4.17. The largest absolute Gasteiger partial charge is 0.515 e. The maximum Gasteiger partial charge on any atom is 0.336 e. The molecule has 0 atom stereocenters. The van der Waals surface area contributed by atoms with Gasteiger partial charge in [0.1, 0.15) is 0 Å². The van der Waals surface area contributed by atoms with Gasteiger partial charge in [0.05, 0.1) is 25.0 Å². The highest BCUT2D eigenvalue weighted by Gasteiger charge is 2.05. The van der Waals surface area contributed by atoms with Gasteiger partial charge in [-0.15, -0.1) is 0 Å². The molecule has 1 fully saturated rings. The molecule has 0 unspecified atom stereocenters. The lowest BCUT2D eigenvalue weighted by molar-refractivity contribution is -0.142. The Kier molecular flexibility index (Phi) is 8.82. The second-order valence-corrected chi connectivity index (χ2v) is 3.56. The number of cyclic esters (lactones) is 1. The van der Waals surface area contributed by atoms with Crippen molar-refractivity contribution < 1.29 is 24.2 Å². The van der Waals surface area contributed by atoms with Crippen LogP contribution in [-0.2, 0) is 19.1 Å². The van der Waals surface area contributed by atoms with E-state index in [1.165, 1.54) is 6.92 Å². The Morgan fingerprint density at radius 1 is 1.47 bits per heavy atom. The first-order valence-corrected chi connectivity index (χ1v) is 5.75. The molecule has 0 aromatic carbocycles. The van der Waals surface area contributed by atoms with Crippen molar-refractivity contribution in [3.05, 3.63) is 11.8 Å². The number of hydrogen-bond acceptors (Lipinski definition) is 5. The molecule has 0 amide bonds. The van der Waals surface area contributed by atoms with Crippen LogP contribution in [0, 0.1) is 0 Å². The number of carbonyl (C=O) groups is 2. The molecule has 0 saturated carbocycles. The number of rotatable bonds is 2. The van der Waals surface area contributed by atoms with Gasteiger partial charge in [-0.3, -0.25) is 4.79 Å². The molecule has 0 aliphatic carbocycles. The van der Waals surface area contributed by atoms with Gasteiger partial charge >= 0.3 is 11.9 Å². The number of esters is 2. The van der Waals surface area contributed by atoms with Crippen molar-refractivity contribution in [3.8, 4) is 0 Å². The Morgan fingerprint density at radius 2 is 2.18 bits per heavy atom. The minimum atomic E-state index is -0.472. The van der Waals surface area contributed by atoms with Crippen LogP contribution in [0.5, 0.6) is 0 Å². The highest BCUT2D eigenvalue weighted by molar-refractivity contribution is 5.87. The number of aliphatic hydroxyl groups is 1. The highest BCUT2D eigenvalue weighted by atomic mass is 16.5. The summed E-state index contributed by atoms with van der Waals surface area (Å²) in [5, 5.41) is 8.27. The average Bonchev–Trinajstić information content (AvgIpc) is 2.57. The Hall–Kier alpha value is -1.52. The molecule has 0 radical (unpaired) electrons. The smallest absolute Gasteiger partial charge is 0.336 e. The quantitative estimate of drug-likeness (QED) is 0.457. The normalized spacial score (nSPS) is 16.1. The third kappa shape index (κ3) is 8.30. The van der Waals surface area contributed by atoms with Crippen LogP contribution in [0.2, 0.25) is 0 Å². The lowest BCUT2D eigenvalue weighted by atomic mass is 10.2. The first-order chi connectivity index (χ1) is 8.11. The summed E-state index contributed by atoms with van der Waals surface area (Å²) >= 11 is 0. The Labute approximate surface area is 101 Å². The summed E-state index contributed by atoms with van der Waals surface area (Å²) < 4.78 is 9.29. The Morgan fingerprint density at radius 3 is 2.76 bits per heavy atom. The van der Waals surface area contributed by atoms with E-state index in [1.807, 2.05) is 0 Å². The molecule has 0 bridgehead atoms. The fourth-order valence-corrected chi connectivity index (χ4v) is 1.10. The average molecular weight is 244 g/mol. The van der Waals surface area contributed by atoms with Crippen molar-refractivity contribution in [1.29, 1.82) is 0 Å². The molecule has 1 saturated heterocycles. The summed E-state index contributed by atoms with van der Waals surface area (Å²) in [7, 11) is 0. The summed E-state index contributed by atoms with van der Waals surface area (Å²) in [4.78, 5) is 21.0. The van der Waals surface area contributed by atoms with E-state index in [1.54, 1.807) is 6.92 Å². The van der Waals surface area contributed by atoms with Crippen LogP contribution in [0.4, 0.5) is 0 Å². The number of carbonyl (C=O) groups excluding carboxylic acids is 2. The molecule has 0 aromatic heterocycles. The van der Waals surface area contributed by atoms with Crippen LogP contribution in [0.15, 0.2) is 11.8 Å². The molecule has 0 aromatic rings. The van der Waals surface area contributed by atoms with E-state index in [9.17, 15) is 9.59 Å². The predicted octanol–water partition coefficient (Wildman–Crippen LogP) is 2.11. The fourth-order valence-electron chi connectivity index (χ4n) is 1.10. The van der Waals surface area contributed by atoms with E-state index in [0.717, 1.165) is 25.5 Å². The zero-order valence-electron chi connectivity index (χ0n) is 10.4. The van der Waals surface area contributed by atoms with Crippen LogP contribution in [0.1, 0.15) is 39.5 Å². The topological polar surface area (TPSA) is 72.8 Å². The number of hydrogen-bond donors (Lipinski definition) is 1. The Balaban J connectivity index is 0.000000302. The Bertz CT molecular complexity index is 260. The number of ether oxygens (including phenoxy) is 2. The van der Waals surface area contributed by atoms with E-state index in [4.69, 9.17) is 9.84 Å². The maximum atomic E-state index is 10.5. The molecule has 1 aliphatic rings. The van der Waals surface area contributed by atoms with E-state index in [-0.39, 0.29) is 11.5 Å². The molecular weight excluding hydrogens is 224 g/mol. The maximum absolute atomic E-state index is 10.5. The van der Waals surface area contributed by atoms with Crippen LogP contribution >= 0.6 is 0 Å². The zero-order valence-corrected chi connectivity index (χ0v) is 10.4. The van der Waals surface area contributed by atoms with Crippen LogP contribution in [-0.4, -0.2) is 30.3 Å². The van der Waals surface area contributed by atoms with Crippen molar-refractivity contribution in [2.75, 3.05) is 13.2 Å². The molecule has 1 aliphatic heterocycles. The molecule has 1 N–H and O–H groups in total. The molecule has 1 heterocycles. The van der Waals surface area contributed by atoms with Gasteiger partial charge in [-0.05, 0) is 33.1 Å². The van der Waals surface area contributed by atoms with Gasteiger partial charge in [0, 0.05) is 6.42 Å². The van der Waals surface area contributed by atoms with Crippen LogP contribution < -0.4 is 0 Å². The minimum Gasteiger partial charge on any atom is -0.515 e. The molecule has 0 spiro atoms. The highest BCUT2D eigenvalue weighted by Crippen LogP contribution is 2.06. The summed E-state index contributed by atoms with van der Waals surface area (Å²) in [6, 6.07) is 0. The third-order valence-corrected chi connectivity index (χ3v) is 2.08. The van der Waals surface area contributed by atoms with Crippen LogP contribution in [0.3, 0.4) is 0 Å². The van der Waals surface area contributed by atoms with E-state index in [0.29, 0.717) is 19.6 Å². The molecule has 5 heteroatoms. The molecule has 1 rings (SSSR count). The summed E-state index contributed by atoms with van der Waals surface area (Å²) in [6.07, 6.45) is 4.56. The standard InChI is InChI=1S/C6H10O3.C6H10O2/c1-3-9-6(8)5(2)4-7;7-6-4-2-1-3-5-8-6/h4,7H,3H2,1-2H3;1-5H2. The van der Waals surface area contributed by atoms with Gasteiger partial charge in [-0.2, -0.15) is 0 Å². The van der Waals surface area contributed by atoms with E-state index < -0.39 is 5.97 Å². The first kappa shape index (κ1) is 15.5. The van der Waals surface area contributed by atoms with Crippen molar-refractivity contribution in [1.82, 2.24) is 0 Å². The van der Waals surface area contributed by atoms with Gasteiger partial charge < -0.3 is 14.6 Å². The SMILES string of the molecule is CCOC(=O)C(C)=CO.O=C1CCCCCO1. The van der Waals surface area contributed by atoms with Gasteiger partial charge in [0.25, 0.3) is 0 Å². The molecular formula is C12H20O5. The van der Waals surface area contributed by atoms with Gasteiger partial charge in [0.15, 0.2) is 0 Å². The van der Waals surface area contributed by atoms with Crippen LogP contribution in [0.25, 0.3) is 0 Å². The lowest BCUT2D eigenvalue weighted by Gasteiger charge is -1.97. The van der Waals surface area contributed by atoms with Gasteiger partial charge in [0.2, 0.25) is 0 Å². The molecule has 17 heavy (non-hydrogen) atoms. The second kappa shape index (κ2) is 9.69. The van der Waals surface area contributed by atoms with Gasteiger partial charge in [-0.25, -0.2) is 4.79 Å². The predicted molar refractivity (Wildman–Crippen MR) is 62.4 cm³/mol. The van der Waals surface area contributed by atoms with Crippen molar-refractivity contribution >= 4 is 11.9 Å². The van der Waals surface area contributed by atoms with E-state index in [2.05, 4.69) is 4.74 Å². The molecule has 5 nitrogen and oxygen atoms in total. The summed E-state index contributed by atoms with van der Waals surface area (Å²) in [5.74, 6) is -0.498. The van der Waals surface area contributed by atoms with Crippen molar-refractivity contribution in [2.24, 2.45) is 0 Å². The van der Waals surface area contributed by atoms with Crippen molar-refractivity contribution in [3.63, 3.8) is 0 Å². The molecule has 98 valence electrons. The minimum absolute atomic E-state index is 0.0255. The fraction of sp³-hybridized carbons (Fsp3) is 0.667. The monoisotopic (exact) mass is 244 g/mol. The van der Waals surface area contributed by atoms with E-state index >= 15 is 0 Å². The second-order valence-electron chi connectivity index (χ2n) is 3.56. The van der Waals surface area contributed by atoms with Crippen molar-refractivity contribution in [2.45, 2.75) is 39.5 Å². The van der Waals surface area contributed by atoms with Gasteiger partial charge in [-0.1, -0.05) is 0 Å².